The van der Waals surface area contributed by atoms with Crippen molar-refractivity contribution in [1.82, 2.24) is 0 Å². The number of hydrogen-bond acceptors (Lipinski definition) is 0. The van der Waals surface area contributed by atoms with Crippen molar-refractivity contribution in [2.24, 2.45) is 0 Å². The van der Waals surface area contributed by atoms with E-state index < -0.39 is 28.3 Å². The van der Waals surface area contributed by atoms with Gasteiger partial charge in [-0.05, 0) is 5.06 Å². The highest BCUT2D eigenvalue weighted by Crippen LogP contribution is 2.50. The second-order valence-corrected chi connectivity index (χ2v) is 5.12. The molecule has 14 heavy (non-hydrogen) atoms. The number of rotatable bonds is 0. The Morgan fingerprint density at radius 3 is 2.00 bits per heavy atom. The maximum atomic E-state index is 13.1. The van der Waals surface area contributed by atoms with Crippen LogP contribution in [-0.2, 0) is 5.06 Å². The van der Waals surface area contributed by atoms with Gasteiger partial charge in [-0.2, -0.15) is 0 Å². The van der Waals surface area contributed by atoms with Crippen LogP contribution in [0.3, 0.4) is 0 Å². The largest absolute Gasteiger partial charge is 0.203 e. The lowest BCUT2D eigenvalue weighted by atomic mass is 9.80. The zero-order chi connectivity index (χ0) is 10.7. The maximum Gasteiger partial charge on any atom is 0.198 e. The van der Waals surface area contributed by atoms with Crippen LogP contribution in [0.4, 0.5) is 17.6 Å². The van der Waals surface area contributed by atoms with Crippen LogP contribution in [0, 0.1) is 23.3 Å². The van der Waals surface area contributed by atoms with Gasteiger partial charge in [-0.25, -0.2) is 17.6 Å². The molecule has 0 N–H and O–H groups in total. The van der Waals surface area contributed by atoms with Crippen molar-refractivity contribution >= 4 is 21.7 Å². The average Bonchev–Trinajstić information content (AvgIpc) is 2.09. The molecule has 0 saturated heterocycles. The molecule has 1 aliphatic heterocycles. The molecule has 0 bridgehead atoms. The summed E-state index contributed by atoms with van der Waals surface area (Å²) in [5, 5.41) is -1.21. The molecule has 1 aromatic rings. The Labute approximate surface area is 80.9 Å². The van der Waals surface area contributed by atoms with E-state index in [-0.39, 0.29) is 19.4 Å². The molecule has 72 valence electrons. The predicted molar refractivity (Wildman–Crippen MR) is 47.3 cm³/mol. The molecule has 1 aliphatic rings. The third kappa shape index (κ3) is 1.05. The first kappa shape index (κ1) is 9.97. The smallest absolute Gasteiger partial charge is 0.198 e. The summed E-state index contributed by atoms with van der Waals surface area (Å²) >= 11 is 0. The third-order valence-corrected chi connectivity index (χ3v) is 3.66. The van der Waals surface area contributed by atoms with Gasteiger partial charge in [-0.3, -0.25) is 0 Å². The van der Waals surface area contributed by atoms with Crippen LogP contribution in [0.25, 0.3) is 0 Å². The summed E-state index contributed by atoms with van der Waals surface area (Å²) in [5.41, 5.74) is -0.243. The fourth-order valence-electron chi connectivity index (χ4n) is 1.50. The molecule has 2 atom stereocenters. The molecule has 1 aromatic carbocycles. The normalized spacial score (nSPS) is 26.1. The highest BCUT2D eigenvalue weighted by Gasteiger charge is 2.42. The molecule has 1 heterocycles. The molecular formula is C8H4BF4P. The van der Waals surface area contributed by atoms with Crippen LogP contribution in [0.15, 0.2) is 0 Å². The van der Waals surface area contributed by atoms with Gasteiger partial charge in [0.15, 0.2) is 23.3 Å². The minimum atomic E-state index is -1.79. The van der Waals surface area contributed by atoms with E-state index in [1.807, 2.05) is 0 Å². The first-order chi connectivity index (χ1) is 6.36. The van der Waals surface area contributed by atoms with Crippen LogP contribution in [0.1, 0.15) is 12.5 Å². The van der Waals surface area contributed by atoms with Gasteiger partial charge in [0.25, 0.3) is 0 Å². The van der Waals surface area contributed by atoms with E-state index >= 15 is 0 Å². The molecule has 0 saturated carbocycles. The second-order valence-electron chi connectivity index (χ2n) is 3.33. The van der Waals surface area contributed by atoms with Crippen molar-refractivity contribution < 1.29 is 17.6 Å². The summed E-state index contributed by atoms with van der Waals surface area (Å²) in [7, 11) is 5.30. The monoisotopic (exact) mass is 218 g/mol. The summed E-state index contributed by atoms with van der Waals surface area (Å²) in [6.45, 7) is 1.45. The molecule has 6 heteroatoms. The number of halogens is 4. The summed E-state index contributed by atoms with van der Waals surface area (Å²) < 4.78 is 51.6. The average molecular weight is 218 g/mol. The molecule has 0 aromatic heterocycles. The lowest BCUT2D eigenvalue weighted by Gasteiger charge is -2.39. The van der Waals surface area contributed by atoms with Crippen molar-refractivity contribution in [1.29, 1.82) is 0 Å². The van der Waals surface area contributed by atoms with E-state index in [0.717, 1.165) is 0 Å². The second kappa shape index (κ2) is 2.72. The van der Waals surface area contributed by atoms with Gasteiger partial charge >= 0.3 is 0 Å². The molecule has 0 aliphatic carbocycles. The lowest BCUT2D eigenvalue weighted by molar-refractivity contribution is 0.404. The number of hydrogen-bond donors (Lipinski definition) is 0. The van der Waals surface area contributed by atoms with Crippen LogP contribution >= 0.6 is 8.58 Å². The van der Waals surface area contributed by atoms with Crippen molar-refractivity contribution in [3.05, 3.63) is 28.8 Å². The minimum Gasteiger partial charge on any atom is -0.203 e. The molecule has 2 unspecified atom stereocenters. The van der Waals surface area contributed by atoms with Crippen LogP contribution < -0.4 is 5.30 Å². The van der Waals surface area contributed by atoms with Crippen LogP contribution in [0.5, 0.6) is 0 Å². The van der Waals surface area contributed by atoms with Gasteiger partial charge in [-0.1, -0.05) is 15.5 Å². The Bertz CT molecular complexity index is 407. The maximum absolute atomic E-state index is 13.1. The molecule has 2 rings (SSSR count). The lowest BCUT2D eigenvalue weighted by Crippen LogP contribution is -2.39. The topological polar surface area (TPSA) is 0 Å². The predicted octanol–water partition coefficient (Wildman–Crippen LogP) is 1.90. The Morgan fingerprint density at radius 1 is 1.00 bits per heavy atom. The Balaban J connectivity index is 2.77. The summed E-state index contributed by atoms with van der Waals surface area (Å²) in [4.78, 5) is 0. The molecule has 0 spiro atoms. The fraction of sp³-hybridized carbons (Fsp3) is 0.250. The van der Waals surface area contributed by atoms with Gasteiger partial charge in [-0.15, -0.1) is 0 Å². The van der Waals surface area contributed by atoms with Gasteiger partial charge in [0.2, 0.25) is 0 Å². The highest BCUT2D eigenvalue weighted by molar-refractivity contribution is 7.53. The van der Waals surface area contributed by atoms with Crippen molar-refractivity contribution in [2.75, 3.05) is 0 Å². The highest BCUT2D eigenvalue weighted by atomic mass is 31.1. The van der Waals surface area contributed by atoms with Gasteiger partial charge in [0, 0.05) is 10.9 Å². The zero-order valence-electron chi connectivity index (χ0n) is 7.09. The SMILES string of the molecule is [B]C1(C)Pc2c(F)c(F)c(F)c(F)c21. The summed E-state index contributed by atoms with van der Waals surface area (Å²) in [5.74, 6) is -6.24. The molecule has 0 amide bonds. The van der Waals surface area contributed by atoms with Crippen LogP contribution in [-0.4, -0.2) is 7.85 Å². The van der Waals surface area contributed by atoms with E-state index in [0.29, 0.717) is 0 Å². The van der Waals surface area contributed by atoms with Gasteiger partial charge < -0.3 is 0 Å². The van der Waals surface area contributed by atoms with Crippen molar-refractivity contribution in [3.63, 3.8) is 0 Å². The van der Waals surface area contributed by atoms with E-state index in [4.69, 9.17) is 7.85 Å². The number of benzene rings is 1. The third-order valence-electron chi connectivity index (χ3n) is 2.17. The Hall–Kier alpha value is -0.565. The van der Waals surface area contributed by atoms with E-state index in [1.165, 1.54) is 6.92 Å². The molecule has 0 nitrogen and oxygen atoms in total. The van der Waals surface area contributed by atoms with Gasteiger partial charge in [0.05, 0.1) is 7.85 Å². The minimum absolute atomic E-state index is 0.133. The fourth-order valence-corrected chi connectivity index (χ4v) is 2.90. The van der Waals surface area contributed by atoms with Gasteiger partial charge in [0.1, 0.15) is 0 Å². The first-order valence-electron chi connectivity index (χ1n) is 3.79. The van der Waals surface area contributed by atoms with Crippen molar-refractivity contribution in [2.45, 2.75) is 12.0 Å². The molecular weight excluding hydrogens is 214 g/mol. The van der Waals surface area contributed by atoms with E-state index in [2.05, 4.69) is 0 Å². The standard InChI is InChI=1S/C8H4BF4P/c1-8(9)2-3(10)4(11)5(12)6(13)7(2)14-8/h14H,1H3. The molecule has 2 radical (unpaired) electrons. The zero-order valence-corrected chi connectivity index (χ0v) is 8.09. The number of fused-ring (bicyclic) bond motifs is 1. The van der Waals surface area contributed by atoms with E-state index in [9.17, 15) is 17.6 Å². The van der Waals surface area contributed by atoms with Crippen LogP contribution in [0.2, 0.25) is 0 Å². The van der Waals surface area contributed by atoms with E-state index in [1.54, 1.807) is 0 Å². The Kier molecular flexibility index (Phi) is 1.94. The summed E-state index contributed by atoms with van der Waals surface area (Å²) in [6.07, 6.45) is 0. The van der Waals surface area contributed by atoms with Crippen molar-refractivity contribution in [3.8, 4) is 0 Å². The summed E-state index contributed by atoms with van der Waals surface area (Å²) in [6, 6.07) is 0. The first-order valence-corrected chi connectivity index (χ1v) is 4.79. The Morgan fingerprint density at radius 2 is 1.50 bits per heavy atom. The molecule has 0 fully saturated rings. The quantitative estimate of drug-likeness (QED) is 0.205.